The van der Waals surface area contributed by atoms with Crippen molar-refractivity contribution in [1.29, 1.82) is 0 Å². The summed E-state index contributed by atoms with van der Waals surface area (Å²) in [5.41, 5.74) is 8.68. The minimum atomic E-state index is -0.526. The second-order valence-electron chi connectivity index (χ2n) is 8.90. The molecule has 2 aliphatic heterocycles. The third-order valence-electron chi connectivity index (χ3n) is 6.75. The van der Waals surface area contributed by atoms with Crippen LogP contribution >= 0.6 is 23.2 Å². The largest absolute Gasteiger partial charge is 0.495 e. The van der Waals surface area contributed by atoms with Gasteiger partial charge in [-0.2, -0.15) is 0 Å². The van der Waals surface area contributed by atoms with Gasteiger partial charge in [0.15, 0.2) is 0 Å². The van der Waals surface area contributed by atoms with E-state index in [1.54, 1.807) is 18.5 Å². The number of ether oxygens (including phenoxy) is 3. The zero-order chi connectivity index (χ0) is 27.0. The molecule has 38 heavy (non-hydrogen) atoms. The molecule has 1 saturated heterocycles. The van der Waals surface area contributed by atoms with E-state index in [1.165, 1.54) is 14.2 Å². The molecule has 10 nitrogen and oxygen atoms in total. The minimum Gasteiger partial charge on any atom is -0.495 e. The third kappa shape index (κ3) is 4.59. The van der Waals surface area contributed by atoms with Crippen LogP contribution in [0.3, 0.4) is 0 Å². The predicted octanol–water partition coefficient (Wildman–Crippen LogP) is 4.37. The Hall–Kier alpha value is -3.60. The van der Waals surface area contributed by atoms with Crippen molar-refractivity contribution in [1.82, 2.24) is 15.0 Å². The van der Waals surface area contributed by atoms with Crippen LogP contribution in [0, 0.1) is 5.92 Å². The average molecular weight is 557 g/mol. The number of amides is 1. The molecule has 4 heterocycles. The van der Waals surface area contributed by atoms with Gasteiger partial charge in [-0.15, -0.1) is 0 Å². The third-order valence-corrected chi connectivity index (χ3v) is 7.48. The maximum absolute atomic E-state index is 11.8. The lowest BCUT2D eigenvalue weighted by molar-refractivity contribution is -0.115. The van der Waals surface area contributed by atoms with Gasteiger partial charge in [-0.3, -0.25) is 4.79 Å². The maximum Gasteiger partial charge on any atom is 0.244 e. The number of pyridine rings is 1. The van der Waals surface area contributed by atoms with Crippen molar-refractivity contribution < 1.29 is 19.0 Å². The fourth-order valence-electron chi connectivity index (χ4n) is 4.81. The van der Waals surface area contributed by atoms with Gasteiger partial charge in [0.25, 0.3) is 0 Å². The van der Waals surface area contributed by atoms with Gasteiger partial charge in [0.05, 0.1) is 44.8 Å². The molecule has 5 rings (SSSR count). The van der Waals surface area contributed by atoms with E-state index in [-0.39, 0.29) is 12.0 Å². The molecule has 1 amide bonds. The van der Waals surface area contributed by atoms with Crippen LogP contribution in [0.5, 0.6) is 11.5 Å². The molecule has 2 aromatic heterocycles. The highest BCUT2D eigenvalue weighted by molar-refractivity contribution is 6.41. The minimum absolute atomic E-state index is 0.183. The molecular formula is C26H26Cl2N6O4. The first kappa shape index (κ1) is 26.0. The summed E-state index contributed by atoms with van der Waals surface area (Å²) in [5, 5.41) is 3.97. The highest BCUT2D eigenvalue weighted by Gasteiger charge is 2.33. The van der Waals surface area contributed by atoms with Crippen molar-refractivity contribution in [3.05, 3.63) is 58.4 Å². The molecule has 3 N–H and O–H groups in total. The molecule has 0 unspecified atom stereocenters. The molecule has 198 valence electrons. The maximum atomic E-state index is 11.8. The summed E-state index contributed by atoms with van der Waals surface area (Å²) >= 11 is 13.5. The number of benzene rings is 1. The summed E-state index contributed by atoms with van der Waals surface area (Å²) in [6.45, 7) is 5.13. The number of primary amides is 1. The quantitative estimate of drug-likeness (QED) is 0.408. The topological polar surface area (TPSA) is 125 Å². The predicted molar refractivity (Wildman–Crippen MR) is 145 cm³/mol. The summed E-state index contributed by atoms with van der Waals surface area (Å²) in [6.07, 6.45) is 4.06. The Balaban J connectivity index is 1.53. The van der Waals surface area contributed by atoms with E-state index in [0.717, 1.165) is 11.1 Å². The summed E-state index contributed by atoms with van der Waals surface area (Å²) < 4.78 is 16.6. The van der Waals surface area contributed by atoms with Gasteiger partial charge in [0.1, 0.15) is 27.4 Å². The monoisotopic (exact) mass is 556 g/mol. The van der Waals surface area contributed by atoms with Crippen LogP contribution in [0.15, 0.2) is 42.7 Å². The van der Waals surface area contributed by atoms with Gasteiger partial charge in [-0.05, 0) is 18.6 Å². The average Bonchev–Trinajstić information content (AvgIpc) is 2.93. The first-order chi connectivity index (χ1) is 18.3. The van der Waals surface area contributed by atoms with Crippen molar-refractivity contribution in [2.45, 2.75) is 19.0 Å². The molecular weight excluding hydrogens is 531 g/mol. The van der Waals surface area contributed by atoms with E-state index < -0.39 is 5.91 Å². The van der Waals surface area contributed by atoms with Crippen molar-refractivity contribution in [2.75, 3.05) is 37.7 Å². The number of rotatable bonds is 7. The number of carbonyl (C=O) groups is 1. The zero-order valence-corrected chi connectivity index (χ0v) is 22.3. The lowest BCUT2D eigenvalue weighted by atomic mass is 9.88. The molecule has 0 saturated carbocycles. The number of nitrogens with two attached hydrogens (primary N) is 1. The van der Waals surface area contributed by atoms with E-state index in [1.807, 2.05) is 17.0 Å². The smallest absolute Gasteiger partial charge is 0.244 e. The number of halogens is 2. The van der Waals surface area contributed by atoms with E-state index in [9.17, 15) is 4.79 Å². The first-order valence-electron chi connectivity index (χ1n) is 11.9. The summed E-state index contributed by atoms with van der Waals surface area (Å²) in [4.78, 5) is 27.7. The number of hydrogen-bond donors (Lipinski definition) is 2. The second kappa shape index (κ2) is 10.6. The second-order valence-corrected chi connectivity index (χ2v) is 9.65. The molecule has 0 spiro atoms. The van der Waals surface area contributed by atoms with Crippen molar-refractivity contribution in [2.24, 2.45) is 11.7 Å². The molecule has 12 heteroatoms. The van der Waals surface area contributed by atoms with E-state index in [4.69, 9.17) is 48.1 Å². The number of fused-ring (bicyclic) bond motifs is 3. The Bertz CT molecular complexity index is 1390. The fourth-order valence-corrected chi connectivity index (χ4v) is 5.51. The Morgan fingerprint density at radius 1 is 1.24 bits per heavy atom. The molecule has 3 aromatic rings. The number of methoxy groups -OCH3 is 2. The van der Waals surface area contributed by atoms with Crippen LogP contribution in [0.4, 0.5) is 17.5 Å². The van der Waals surface area contributed by atoms with Gasteiger partial charge in [-0.25, -0.2) is 15.0 Å². The molecule has 1 fully saturated rings. The highest BCUT2D eigenvalue weighted by atomic mass is 35.5. The molecule has 0 bridgehead atoms. The van der Waals surface area contributed by atoms with Crippen molar-refractivity contribution in [3.8, 4) is 22.8 Å². The lowest BCUT2D eigenvalue weighted by Crippen LogP contribution is -2.42. The van der Waals surface area contributed by atoms with Crippen LogP contribution in [0.25, 0.3) is 11.3 Å². The molecule has 2 aliphatic rings. The molecule has 1 aromatic carbocycles. The van der Waals surface area contributed by atoms with Gasteiger partial charge < -0.3 is 30.2 Å². The molecule has 0 aliphatic carbocycles. The number of aromatic nitrogens is 3. The number of hydrogen-bond acceptors (Lipinski definition) is 9. The standard InChI is InChI=1S/C26H26Cl2N6O4/c1-13(24(29)35)15-6-8-38-12-17(15)32-26-31-10-14-11-34(25-16(22(14)33-26)5-4-7-30-25)23-20(27)18(36-2)9-19(37-3)21(23)28/h4-5,7,9-10,15,17H,1,6,8,11-12H2,2-3H3,(H2,29,35)(H,31,32,33)/t15-,17+/m0/s1. The number of carbonyl (C=O) groups excluding carboxylic acids is 1. The van der Waals surface area contributed by atoms with Crippen LogP contribution in [-0.2, 0) is 16.1 Å². The van der Waals surface area contributed by atoms with Gasteiger partial charge in [-0.1, -0.05) is 29.8 Å². The number of anilines is 3. The zero-order valence-electron chi connectivity index (χ0n) is 20.8. The van der Waals surface area contributed by atoms with Gasteiger partial charge in [0.2, 0.25) is 11.9 Å². The number of nitrogens with zero attached hydrogens (tertiary/aromatic N) is 4. The summed E-state index contributed by atoms with van der Waals surface area (Å²) in [5.74, 6) is 1.14. The van der Waals surface area contributed by atoms with E-state index >= 15 is 0 Å². The lowest BCUT2D eigenvalue weighted by Gasteiger charge is -2.34. The molecule has 0 radical (unpaired) electrons. The van der Waals surface area contributed by atoms with Crippen molar-refractivity contribution in [3.63, 3.8) is 0 Å². The molecule has 2 atom stereocenters. The van der Waals surface area contributed by atoms with Crippen LogP contribution in [-0.4, -0.2) is 54.3 Å². The summed E-state index contributed by atoms with van der Waals surface area (Å²) in [7, 11) is 3.05. The Morgan fingerprint density at radius 2 is 1.97 bits per heavy atom. The van der Waals surface area contributed by atoms with Crippen molar-refractivity contribution >= 4 is 46.6 Å². The fraction of sp³-hybridized carbons (Fsp3) is 0.308. The Labute approximate surface area is 229 Å². The Morgan fingerprint density at radius 3 is 2.66 bits per heavy atom. The normalized spacial score (nSPS) is 18.3. The van der Waals surface area contributed by atoms with Gasteiger partial charge in [0, 0.05) is 47.7 Å². The first-order valence-corrected chi connectivity index (χ1v) is 12.6. The van der Waals surface area contributed by atoms with E-state index in [2.05, 4.69) is 21.9 Å². The number of nitrogens with one attached hydrogen (secondary N) is 1. The van der Waals surface area contributed by atoms with Crippen LogP contribution < -0.4 is 25.4 Å². The summed E-state index contributed by atoms with van der Waals surface area (Å²) in [6, 6.07) is 5.14. The van der Waals surface area contributed by atoms with Gasteiger partial charge >= 0.3 is 0 Å². The Kier molecular flexibility index (Phi) is 7.29. The van der Waals surface area contributed by atoms with Crippen LogP contribution in [0.2, 0.25) is 10.0 Å². The van der Waals surface area contributed by atoms with E-state index in [0.29, 0.717) is 76.4 Å². The van der Waals surface area contributed by atoms with Crippen LogP contribution in [0.1, 0.15) is 12.0 Å². The SMILES string of the molecule is C=C(C(N)=O)[C@@H]1CCOC[C@H]1Nc1ncc2c(n1)-c1cccnc1N(c1c(Cl)c(OC)cc(OC)c1Cl)C2. The highest BCUT2D eigenvalue weighted by Crippen LogP contribution is 2.51.